The Kier molecular flexibility index (Phi) is 6.99. The molecule has 0 saturated heterocycles. The third-order valence-corrected chi connectivity index (χ3v) is 5.82. The van der Waals surface area contributed by atoms with E-state index in [9.17, 15) is 9.59 Å². The van der Waals surface area contributed by atoms with Crippen LogP contribution in [0.2, 0.25) is 0 Å². The molecule has 5 rings (SSSR count). The lowest BCUT2D eigenvalue weighted by atomic mass is 10.0. The number of fused-ring (bicyclic) bond motifs is 1. The van der Waals surface area contributed by atoms with Gasteiger partial charge in [0, 0.05) is 16.7 Å². The smallest absolute Gasteiger partial charge is 0.338 e. The maximum Gasteiger partial charge on any atom is 0.338 e. The van der Waals surface area contributed by atoms with Crippen LogP contribution in [0.3, 0.4) is 0 Å². The number of carbonyl (C=O) groups is 2. The Labute approximate surface area is 214 Å². The van der Waals surface area contributed by atoms with Gasteiger partial charge in [-0.25, -0.2) is 14.8 Å². The minimum Gasteiger partial charge on any atom is -0.494 e. The predicted octanol–water partition coefficient (Wildman–Crippen LogP) is 6.40. The summed E-state index contributed by atoms with van der Waals surface area (Å²) in [5.74, 6) is -0.217. The third-order valence-electron chi connectivity index (χ3n) is 5.82. The second-order valence-corrected chi connectivity index (χ2v) is 8.31. The average Bonchev–Trinajstić information content (AvgIpc) is 2.96. The van der Waals surface area contributed by atoms with Gasteiger partial charge in [-0.15, -0.1) is 0 Å². The van der Waals surface area contributed by atoms with E-state index in [1.54, 1.807) is 42.5 Å². The van der Waals surface area contributed by atoms with Crippen molar-refractivity contribution in [2.75, 3.05) is 13.2 Å². The zero-order valence-corrected chi connectivity index (χ0v) is 20.3. The molecule has 0 bridgehead atoms. The molecule has 6 heteroatoms. The number of rotatable bonds is 8. The first kappa shape index (κ1) is 23.9. The highest BCUT2D eigenvalue weighted by Gasteiger charge is 2.16. The Morgan fingerprint density at radius 2 is 1.24 bits per heavy atom. The van der Waals surface area contributed by atoms with Crippen molar-refractivity contribution in [2.45, 2.75) is 6.92 Å². The standard InChI is InChI=1S/C31H24N2O4/c1-2-36-25-16-13-21(14-17-25)28(34)20-37-31(35)24-15-18-26-27(19-24)33-30(23-11-7-4-8-12-23)29(32-26)22-9-5-3-6-10-22/h3-19H,2,20H2,1H3. The first-order chi connectivity index (χ1) is 18.1. The predicted molar refractivity (Wildman–Crippen MR) is 143 cm³/mol. The number of esters is 1. The monoisotopic (exact) mass is 488 g/mol. The SMILES string of the molecule is CCOc1ccc(C(=O)COC(=O)c2ccc3nc(-c4ccccc4)c(-c4ccccc4)nc3c2)cc1. The van der Waals surface area contributed by atoms with Gasteiger partial charge < -0.3 is 9.47 Å². The maximum absolute atomic E-state index is 12.8. The van der Waals surface area contributed by atoms with Gasteiger partial charge >= 0.3 is 5.97 Å². The van der Waals surface area contributed by atoms with Crippen molar-refractivity contribution >= 4 is 22.8 Å². The molecule has 0 fully saturated rings. The van der Waals surface area contributed by atoms with Crippen molar-refractivity contribution < 1.29 is 19.1 Å². The number of aromatic nitrogens is 2. The molecule has 5 aromatic rings. The first-order valence-electron chi connectivity index (χ1n) is 12.0. The molecular formula is C31H24N2O4. The fourth-order valence-corrected chi connectivity index (χ4v) is 3.98. The van der Waals surface area contributed by atoms with E-state index in [0.29, 0.717) is 34.5 Å². The van der Waals surface area contributed by atoms with Crippen molar-refractivity contribution in [3.05, 3.63) is 114 Å². The van der Waals surface area contributed by atoms with E-state index in [2.05, 4.69) is 0 Å². The van der Waals surface area contributed by atoms with E-state index in [4.69, 9.17) is 19.4 Å². The van der Waals surface area contributed by atoms with Gasteiger partial charge in [0.2, 0.25) is 0 Å². The molecule has 0 radical (unpaired) electrons. The van der Waals surface area contributed by atoms with Crippen LogP contribution in [0.1, 0.15) is 27.6 Å². The number of carbonyl (C=O) groups excluding carboxylic acids is 2. The summed E-state index contributed by atoms with van der Waals surface area (Å²) < 4.78 is 10.7. The van der Waals surface area contributed by atoms with Crippen molar-refractivity contribution in [2.24, 2.45) is 0 Å². The van der Waals surface area contributed by atoms with E-state index < -0.39 is 5.97 Å². The lowest BCUT2D eigenvalue weighted by molar-refractivity contribution is 0.0475. The molecule has 1 aromatic heterocycles. The van der Waals surface area contributed by atoms with Gasteiger partial charge in [0.15, 0.2) is 12.4 Å². The number of hydrogen-bond acceptors (Lipinski definition) is 6. The number of Topliss-reactive ketones (excluding diaryl/α,β-unsaturated/α-hetero) is 1. The molecule has 182 valence electrons. The molecule has 37 heavy (non-hydrogen) atoms. The highest BCUT2D eigenvalue weighted by Crippen LogP contribution is 2.31. The van der Waals surface area contributed by atoms with Gasteiger partial charge in [-0.3, -0.25) is 4.79 Å². The Hall–Kier alpha value is -4.84. The molecule has 0 aliphatic rings. The number of benzene rings is 4. The quantitative estimate of drug-likeness (QED) is 0.186. The lowest BCUT2D eigenvalue weighted by Gasteiger charge is -2.11. The van der Waals surface area contributed by atoms with Crippen LogP contribution in [-0.2, 0) is 4.74 Å². The van der Waals surface area contributed by atoms with Crippen molar-refractivity contribution in [3.63, 3.8) is 0 Å². The molecule has 0 unspecified atom stereocenters. The number of ketones is 1. The lowest BCUT2D eigenvalue weighted by Crippen LogP contribution is -2.14. The van der Waals surface area contributed by atoms with Crippen LogP contribution in [0.4, 0.5) is 0 Å². The van der Waals surface area contributed by atoms with Gasteiger partial charge in [-0.1, -0.05) is 60.7 Å². The van der Waals surface area contributed by atoms with E-state index in [1.807, 2.05) is 67.6 Å². The van der Waals surface area contributed by atoms with Crippen LogP contribution >= 0.6 is 0 Å². The molecule has 0 saturated carbocycles. The Morgan fingerprint density at radius 1 is 0.676 bits per heavy atom. The summed E-state index contributed by atoms with van der Waals surface area (Å²) in [6, 6.07) is 31.4. The molecule has 0 spiro atoms. The summed E-state index contributed by atoms with van der Waals surface area (Å²) in [6.45, 7) is 2.07. The molecular weight excluding hydrogens is 464 g/mol. The zero-order chi connectivity index (χ0) is 25.6. The highest BCUT2D eigenvalue weighted by molar-refractivity contribution is 6.00. The van der Waals surface area contributed by atoms with Gasteiger partial charge in [0.25, 0.3) is 0 Å². The van der Waals surface area contributed by atoms with Crippen molar-refractivity contribution in [1.82, 2.24) is 9.97 Å². The number of ether oxygens (including phenoxy) is 2. The zero-order valence-electron chi connectivity index (χ0n) is 20.3. The molecule has 1 heterocycles. The summed E-state index contributed by atoms with van der Waals surface area (Å²) in [5, 5.41) is 0. The largest absolute Gasteiger partial charge is 0.494 e. The minimum atomic E-state index is -0.601. The van der Waals surface area contributed by atoms with Gasteiger partial charge in [-0.2, -0.15) is 0 Å². The van der Waals surface area contributed by atoms with Crippen LogP contribution in [0.5, 0.6) is 5.75 Å². The van der Waals surface area contributed by atoms with Crippen LogP contribution in [0.25, 0.3) is 33.5 Å². The summed E-state index contributed by atoms with van der Waals surface area (Å²) in [7, 11) is 0. The molecule has 0 aliphatic heterocycles. The first-order valence-corrected chi connectivity index (χ1v) is 12.0. The van der Waals surface area contributed by atoms with Gasteiger partial charge in [0.1, 0.15) is 5.75 Å². The molecule has 0 aliphatic carbocycles. The Balaban J connectivity index is 1.40. The second-order valence-electron chi connectivity index (χ2n) is 8.31. The van der Waals surface area contributed by atoms with E-state index in [-0.39, 0.29) is 12.4 Å². The highest BCUT2D eigenvalue weighted by atomic mass is 16.5. The summed E-state index contributed by atoms with van der Waals surface area (Å²) >= 11 is 0. The van der Waals surface area contributed by atoms with Gasteiger partial charge in [-0.05, 0) is 49.4 Å². The summed E-state index contributed by atoms with van der Waals surface area (Å²) in [4.78, 5) is 35.0. The topological polar surface area (TPSA) is 78.4 Å². The number of nitrogens with zero attached hydrogens (tertiary/aromatic N) is 2. The van der Waals surface area contributed by atoms with E-state index >= 15 is 0 Å². The second kappa shape index (κ2) is 10.8. The molecule has 6 nitrogen and oxygen atoms in total. The Morgan fingerprint density at radius 3 is 1.84 bits per heavy atom. The molecule has 4 aromatic carbocycles. The maximum atomic E-state index is 12.8. The molecule has 0 N–H and O–H groups in total. The van der Waals surface area contributed by atoms with Crippen molar-refractivity contribution in [1.29, 1.82) is 0 Å². The van der Waals surface area contributed by atoms with E-state index in [1.165, 1.54) is 0 Å². The normalized spacial score (nSPS) is 10.7. The minimum absolute atomic E-state index is 0.296. The fourth-order valence-electron chi connectivity index (χ4n) is 3.98. The van der Waals surface area contributed by atoms with Crippen LogP contribution in [0, 0.1) is 0 Å². The number of hydrogen-bond donors (Lipinski definition) is 0. The summed E-state index contributed by atoms with van der Waals surface area (Å²) in [6.07, 6.45) is 0. The Bertz CT molecular complexity index is 1550. The third kappa shape index (κ3) is 5.38. The average molecular weight is 489 g/mol. The molecule has 0 amide bonds. The van der Waals surface area contributed by atoms with Crippen LogP contribution in [0.15, 0.2) is 103 Å². The van der Waals surface area contributed by atoms with Crippen LogP contribution < -0.4 is 4.74 Å². The van der Waals surface area contributed by atoms with Crippen LogP contribution in [-0.4, -0.2) is 34.9 Å². The molecule has 0 atom stereocenters. The van der Waals surface area contributed by atoms with Gasteiger partial charge in [0.05, 0.1) is 34.6 Å². The summed E-state index contributed by atoms with van der Waals surface area (Å²) in [5.41, 5.74) is 5.31. The fraction of sp³-hybridized carbons (Fsp3) is 0.0968. The van der Waals surface area contributed by atoms with Crippen molar-refractivity contribution in [3.8, 4) is 28.3 Å². The van der Waals surface area contributed by atoms with E-state index in [0.717, 1.165) is 22.5 Å².